The van der Waals surface area contributed by atoms with Gasteiger partial charge in [0.25, 0.3) is 5.56 Å². The Balaban J connectivity index is 2.63. The summed E-state index contributed by atoms with van der Waals surface area (Å²) in [7, 11) is 0. The molecule has 20 heavy (non-hydrogen) atoms. The van der Waals surface area contributed by atoms with Crippen molar-refractivity contribution in [1.82, 2.24) is 9.55 Å². The van der Waals surface area contributed by atoms with Gasteiger partial charge in [0.2, 0.25) is 0 Å². The molecule has 0 saturated carbocycles. The Morgan fingerprint density at radius 1 is 1.55 bits per heavy atom. The van der Waals surface area contributed by atoms with Crippen LogP contribution in [0.25, 0.3) is 10.9 Å². The molecule has 0 aliphatic heterocycles. The molecule has 6 heteroatoms. The molecule has 0 saturated heterocycles. The van der Waals surface area contributed by atoms with E-state index >= 15 is 0 Å². The Bertz CT molecular complexity index is 740. The fraction of sp³-hybridized carbons (Fsp3) is 0.214. The van der Waals surface area contributed by atoms with Gasteiger partial charge in [-0.15, -0.1) is 6.58 Å². The van der Waals surface area contributed by atoms with Gasteiger partial charge in [-0.1, -0.05) is 29.4 Å². The number of aromatic nitrogens is 2. The van der Waals surface area contributed by atoms with Crippen molar-refractivity contribution in [2.45, 2.75) is 18.6 Å². The number of ketones is 1. The Kier molecular flexibility index (Phi) is 4.62. The van der Waals surface area contributed by atoms with Crippen molar-refractivity contribution in [2.75, 3.05) is 5.75 Å². The molecule has 0 radical (unpaired) electrons. The summed E-state index contributed by atoms with van der Waals surface area (Å²) in [5, 5.41) is 1.52. The highest BCUT2D eigenvalue weighted by Crippen LogP contribution is 2.20. The molecule has 0 N–H and O–H groups in total. The van der Waals surface area contributed by atoms with E-state index in [0.717, 1.165) is 0 Å². The molecule has 104 valence electrons. The molecule has 0 atom stereocenters. The van der Waals surface area contributed by atoms with Crippen LogP contribution in [0.4, 0.5) is 0 Å². The summed E-state index contributed by atoms with van der Waals surface area (Å²) in [6, 6.07) is 4.97. The predicted octanol–water partition coefficient (Wildman–Crippen LogP) is 2.92. The van der Waals surface area contributed by atoms with Gasteiger partial charge in [0.15, 0.2) is 5.16 Å². The topological polar surface area (TPSA) is 52.0 Å². The number of allylic oxidation sites excluding steroid dienone is 1. The van der Waals surface area contributed by atoms with Gasteiger partial charge in [-0.2, -0.15) is 0 Å². The quantitative estimate of drug-likeness (QED) is 0.484. The van der Waals surface area contributed by atoms with Crippen molar-refractivity contribution in [3.05, 3.63) is 46.2 Å². The van der Waals surface area contributed by atoms with E-state index < -0.39 is 0 Å². The van der Waals surface area contributed by atoms with Gasteiger partial charge >= 0.3 is 0 Å². The lowest BCUT2D eigenvalue weighted by Gasteiger charge is -2.10. The van der Waals surface area contributed by atoms with E-state index in [-0.39, 0.29) is 17.1 Å². The van der Waals surface area contributed by atoms with E-state index in [1.54, 1.807) is 24.3 Å². The second-order valence-electron chi connectivity index (χ2n) is 4.25. The molecule has 0 fully saturated rings. The summed E-state index contributed by atoms with van der Waals surface area (Å²) in [5.41, 5.74) is 0.381. The summed E-state index contributed by atoms with van der Waals surface area (Å²) >= 11 is 7.17. The molecule has 0 bridgehead atoms. The first-order valence-electron chi connectivity index (χ1n) is 5.96. The van der Waals surface area contributed by atoms with Crippen LogP contribution in [-0.4, -0.2) is 21.1 Å². The van der Waals surface area contributed by atoms with Crippen LogP contribution in [0.5, 0.6) is 0 Å². The fourth-order valence-corrected chi connectivity index (χ4v) is 2.72. The maximum atomic E-state index is 12.4. The molecule has 0 aliphatic rings. The van der Waals surface area contributed by atoms with E-state index in [4.69, 9.17) is 11.6 Å². The van der Waals surface area contributed by atoms with E-state index in [1.807, 2.05) is 0 Å². The van der Waals surface area contributed by atoms with Gasteiger partial charge in [0, 0.05) is 11.6 Å². The fourth-order valence-electron chi connectivity index (χ4n) is 1.74. The maximum absolute atomic E-state index is 12.4. The van der Waals surface area contributed by atoms with Crippen LogP contribution in [-0.2, 0) is 11.3 Å². The lowest BCUT2D eigenvalue weighted by molar-refractivity contribution is -0.114. The summed E-state index contributed by atoms with van der Waals surface area (Å²) in [4.78, 5) is 28.0. The molecular formula is C14H13ClN2O2S. The van der Waals surface area contributed by atoms with Gasteiger partial charge < -0.3 is 0 Å². The highest BCUT2D eigenvalue weighted by atomic mass is 35.5. The van der Waals surface area contributed by atoms with Crippen LogP contribution in [0.1, 0.15) is 6.92 Å². The van der Waals surface area contributed by atoms with Crippen LogP contribution in [0, 0.1) is 0 Å². The molecule has 1 aromatic heterocycles. The molecule has 2 rings (SSSR count). The minimum Gasteiger partial charge on any atom is -0.299 e. The molecule has 2 aromatic rings. The van der Waals surface area contributed by atoms with Crippen LogP contribution < -0.4 is 5.56 Å². The number of carbonyl (C=O) groups excluding carboxylic acids is 1. The zero-order valence-electron chi connectivity index (χ0n) is 10.9. The van der Waals surface area contributed by atoms with Gasteiger partial charge in [0.1, 0.15) is 5.78 Å². The average molecular weight is 309 g/mol. The van der Waals surface area contributed by atoms with E-state index in [9.17, 15) is 9.59 Å². The number of halogens is 1. The predicted molar refractivity (Wildman–Crippen MR) is 82.6 cm³/mol. The van der Waals surface area contributed by atoms with Crippen molar-refractivity contribution in [3.8, 4) is 0 Å². The molecular weight excluding hydrogens is 296 g/mol. The Labute approximate surface area is 125 Å². The number of benzene rings is 1. The summed E-state index contributed by atoms with van der Waals surface area (Å²) in [6.07, 6.45) is 1.63. The van der Waals surface area contributed by atoms with Crippen LogP contribution in [0.15, 0.2) is 40.8 Å². The van der Waals surface area contributed by atoms with Crippen molar-refractivity contribution >= 4 is 40.0 Å². The second-order valence-corrected chi connectivity index (χ2v) is 5.63. The standard InChI is InChI=1S/C14H13ClN2O2S/c1-3-6-17-13(19)11-5-4-10(15)7-12(11)16-14(17)20-8-9(2)18/h3-5,7H,1,6,8H2,2H3. The van der Waals surface area contributed by atoms with Crippen LogP contribution in [0.3, 0.4) is 0 Å². The minimum absolute atomic E-state index is 0.0283. The zero-order valence-corrected chi connectivity index (χ0v) is 12.5. The van der Waals surface area contributed by atoms with Crippen molar-refractivity contribution in [1.29, 1.82) is 0 Å². The normalized spacial score (nSPS) is 10.7. The highest BCUT2D eigenvalue weighted by molar-refractivity contribution is 7.99. The summed E-state index contributed by atoms with van der Waals surface area (Å²) in [6.45, 7) is 5.50. The van der Waals surface area contributed by atoms with Crippen molar-refractivity contribution in [2.24, 2.45) is 0 Å². The van der Waals surface area contributed by atoms with E-state index in [0.29, 0.717) is 27.6 Å². The largest absolute Gasteiger partial charge is 0.299 e. The number of Topliss-reactive ketones (excluding diaryl/α,β-unsaturated/α-hetero) is 1. The number of nitrogens with zero attached hydrogens (tertiary/aromatic N) is 2. The molecule has 0 aliphatic carbocycles. The van der Waals surface area contributed by atoms with E-state index in [1.165, 1.54) is 23.3 Å². The number of hydrogen-bond acceptors (Lipinski definition) is 4. The second kappa shape index (κ2) is 6.24. The van der Waals surface area contributed by atoms with Gasteiger partial charge in [-0.05, 0) is 25.1 Å². The van der Waals surface area contributed by atoms with E-state index in [2.05, 4.69) is 11.6 Å². The number of carbonyl (C=O) groups is 1. The zero-order chi connectivity index (χ0) is 14.7. The highest BCUT2D eigenvalue weighted by Gasteiger charge is 2.11. The SMILES string of the molecule is C=CCn1c(SCC(C)=O)nc2cc(Cl)ccc2c1=O. The van der Waals surface area contributed by atoms with Gasteiger partial charge in [0.05, 0.1) is 16.7 Å². The molecule has 0 spiro atoms. The van der Waals surface area contributed by atoms with Crippen LogP contribution >= 0.6 is 23.4 Å². The lowest BCUT2D eigenvalue weighted by Crippen LogP contribution is -2.23. The van der Waals surface area contributed by atoms with Crippen molar-refractivity contribution < 1.29 is 4.79 Å². The smallest absolute Gasteiger partial charge is 0.262 e. The number of rotatable bonds is 5. The monoisotopic (exact) mass is 308 g/mol. The lowest BCUT2D eigenvalue weighted by atomic mass is 10.2. The average Bonchev–Trinajstić information content (AvgIpc) is 2.39. The van der Waals surface area contributed by atoms with Crippen LogP contribution in [0.2, 0.25) is 5.02 Å². The number of thioether (sulfide) groups is 1. The third-order valence-electron chi connectivity index (χ3n) is 2.60. The molecule has 1 heterocycles. The molecule has 1 aromatic carbocycles. The number of hydrogen-bond donors (Lipinski definition) is 0. The Morgan fingerprint density at radius 3 is 2.95 bits per heavy atom. The Morgan fingerprint density at radius 2 is 2.30 bits per heavy atom. The van der Waals surface area contributed by atoms with Gasteiger partial charge in [-0.25, -0.2) is 4.98 Å². The first kappa shape index (κ1) is 14.8. The first-order chi connectivity index (χ1) is 9.52. The minimum atomic E-state index is -0.155. The van der Waals surface area contributed by atoms with Gasteiger partial charge in [-0.3, -0.25) is 14.2 Å². The third kappa shape index (κ3) is 3.11. The Hall–Kier alpha value is -1.59. The summed E-state index contributed by atoms with van der Waals surface area (Å²) < 4.78 is 1.51. The molecule has 0 amide bonds. The molecule has 4 nitrogen and oxygen atoms in total. The van der Waals surface area contributed by atoms with Crippen molar-refractivity contribution in [3.63, 3.8) is 0 Å². The summed E-state index contributed by atoms with van der Waals surface area (Å²) in [5.74, 6) is 0.302. The number of fused-ring (bicyclic) bond motifs is 1. The maximum Gasteiger partial charge on any atom is 0.262 e. The third-order valence-corrected chi connectivity index (χ3v) is 3.95. The first-order valence-corrected chi connectivity index (χ1v) is 7.32. The molecule has 0 unspecified atom stereocenters.